The monoisotopic (exact) mass is 594 g/mol. The number of aliphatic imine (C=N–C) groups is 1. The molecule has 0 atom stereocenters. The van der Waals surface area contributed by atoms with Gasteiger partial charge in [0.2, 0.25) is 0 Å². The van der Waals surface area contributed by atoms with Crippen LogP contribution >= 0.6 is 11.8 Å². The molecule has 1 saturated heterocycles. The summed E-state index contributed by atoms with van der Waals surface area (Å²) in [6.07, 6.45) is 1.83. The van der Waals surface area contributed by atoms with E-state index in [1.807, 2.05) is 118 Å². The van der Waals surface area contributed by atoms with Gasteiger partial charge in [-0.1, -0.05) is 60.2 Å². The van der Waals surface area contributed by atoms with Crippen molar-refractivity contribution in [3.8, 4) is 23.0 Å². The van der Waals surface area contributed by atoms with E-state index in [1.165, 1.54) is 11.8 Å². The number of amides is 1. The van der Waals surface area contributed by atoms with E-state index in [1.54, 1.807) is 0 Å². The maximum absolute atomic E-state index is 12.6. The third-order valence-corrected chi connectivity index (χ3v) is 7.33. The van der Waals surface area contributed by atoms with Crippen LogP contribution in [0.3, 0.4) is 0 Å². The lowest BCUT2D eigenvalue weighted by atomic mass is 10.1. The van der Waals surface area contributed by atoms with Crippen molar-refractivity contribution in [2.75, 3.05) is 13.2 Å². The van der Waals surface area contributed by atoms with E-state index in [4.69, 9.17) is 18.9 Å². The van der Waals surface area contributed by atoms with Crippen LogP contribution in [0, 0.1) is 6.92 Å². The van der Waals surface area contributed by atoms with E-state index >= 15 is 0 Å². The quantitative estimate of drug-likeness (QED) is 0.168. The highest BCUT2D eigenvalue weighted by atomic mass is 32.2. The van der Waals surface area contributed by atoms with E-state index in [0.717, 1.165) is 27.9 Å². The zero-order chi connectivity index (χ0) is 30.0. The second-order valence-corrected chi connectivity index (χ2v) is 10.8. The largest absolute Gasteiger partial charge is 0.490 e. The fourth-order valence-corrected chi connectivity index (χ4v) is 5.14. The summed E-state index contributed by atoms with van der Waals surface area (Å²) in [5.41, 5.74) is 4.79. The molecule has 0 unspecified atom stereocenters. The minimum Gasteiger partial charge on any atom is -0.490 e. The van der Waals surface area contributed by atoms with Crippen LogP contribution in [0.2, 0.25) is 0 Å². The van der Waals surface area contributed by atoms with Crippen molar-refractivity contribution < 1.29 is 23.7 Å². The van der Waals surface area contributed by atoms with Crippen LogP contribution in [-0.2, 0) is 18.0 Å². The Morgan fingerprint density at radius 3 is 2.07 bits per heavy atom. The SMILES string of the molecule is CCOc1cc(/C=C2/SC(=Nc3ccc(C)cc3)NC2=O)ccc1OCc1ccc(OCc2ccccc2)c(OCC)c1. The van der Waals surface area contributed by atoms with Gasteiger partial charge in [0.1, 0.15) is 13.2 Å². The van der Waals surface area contributed by atoms with Crippen molar-refractivity contribution in [2.45, 2.75) is 34.0 Å². The zero-order valence-corrected chi connectivity index (χ0v) is 25.3. The van der Waals surface area contributed by atoms with Crippen LogP contribution in [0.4, 0.5) is 5.69 Å². The molecule has 0 aliphatic carbocycles. The maximum atomic E-state index is 12.6. The van der Waals surface area contributed by atoms with Gasteiger partial charge < -0.3 is 24.3 Å². The predicted molar refractivity (Wildman–Crippen MR) is 172 cm³/mol. The van der Waals surface area contributed by atoms with E-state index in [-0.39, 0.29) is 5.91 Å². The number of hydrogen-bond acceptors (Lipinski definition) is 7. The molecule has 1 aliphatic heterocycles. The minimum absolute atomic E-state index is 0.185. The topological polar surface area (TPSA) is 78.4 Å². The van der Waals surface area contributed by atoms with Crippen molar-refractivity contribution in [1.82, 2.24) is 5.32 Å². The van der Waals surface area contributed by atoms with Crippen LogP contribution in [-0.4, -0.2) is 24.3 Å². The minimum atomic E-state index is -0.185. The highest BCUT2D eigenvalue weighted by molar-refractivity contribution is 8.18. The Bertz CT molecular complexity index is 1620. The van der Waals surface area contributed by atoms with Crippen molar-refractivity contribution in [2.24, 2.45) is 4.99 Å². The average molecular weight is 595 g/mol. The number of hydrogen-bond donors (Lipinski definition) is 1. The van der Waals surface area contributed by atoms with Gasteiger partial charge in [0, 0.05) is 0 Å². The first-order valence-electron chi connectivity index (χ1n) is 14.2. The van der Waals surface area contributed by atoms with Crippen molar-refractivity contribution in [3.05, 3.63) is 118 Å². The Balaban J connectivity index is 1.26. The lowest BCUT2D eigenvalue weighted by Crippen LogP contribution is -2.19. The Morgan fingerprint density at radius 2 is 1.37 bits per heavy atom. The summed E-state index contributed by atoms with van der Waals surface area (Å²) >= 11 is 1.31. The number of amidine groups is 1. The summed E-state index contributed by atoms with van der Waals surface area (Å²) in [4.78, 5) is 17.7. The fraction of sp³-hybridized carbons (Fsp3) is 0.200. The molecule has 1 aliphatic rings. The molecule has 220 valence electrons. The first kappa shape index (κ1) is 29.8. The molecule has 4 aromatic rings. The first-order chi connectivity index (χ1) is 21.0. The Hall–Kier alpha value is -4.69. The van der Waals surface area contributed by atoms with Gasteiger partial charge >= 0.3 is 0 Å². The van der Waals surface area contributed by atoms with Gasteiger partial charge in [0.25, 0.3) is 5.91 Å². The molecule has 0 saturated carbocycles. The van der Waals surface area contributed by atoms with E-state index in [0.29, 0.717) is 59.5 Å². The first-order valence-corrected chi connectivity index (χ1v) is 15.0. The van der Waals surface area contributed by atoms with Crippen molar-refractivity contribution >= 4 is 34.6 Å². The molecule has 7 nitrogen and oxygen atoms in total. The standard InChI is InChI=1S/C35H34N2O5S/c1-4-39-31-19-26(21-33-34(38)37-35(43-33)36-28-15-11-24(3)12-16-28)13-17-29(31)42-23-27-14-18-30(32(20-27)40-5-2)41-22-25-9-7-6-8-10-25/h6-21H,4-5,22-23H2,1-3H3,(H,36,37,38)/b33-21+. The summed E-state index contributed by atoms with van der Waals surface area (Å²) in [6, 6.07) is 29.3. The fourth-order valence-electron chi connectivity index (χ4n) is 4.30. The average Bonchev–Trinajstić information content (AvgIpc) is 3.36. The van der Waals surface area contributed by atoms with E-state index < -0.39 is 0 Å². The Labute approximate surface area is 256 Å². The van der Waals surface area contributed by atoms with Gasteiger partial charge in [-0.25, -0.2) is 4.99 Å². The van der Waals surface area contributed by atoms with Gasteiger partial charge in [-0.15, -0.1) is 0 Å². The number of nitrogens with one attached hydrogen (secondary N) is 1. The summed E-state index contributed by atoms with van der Waals surface area (Å²) in [5.74, 6) is 2.38. The number of rotatable bonds is 12. The number of nitrogens with zero attached hydrogens (tertiary/aromatic N) is 1. The maximum Gasteiger partial charge on any atom is 0.264 e. The molecule has 1 N–H and O–H groups in total. The highest BCUT2D eigenvalue weighted by Crippen LogP contribution is 2.34. The molecule has 4 aromatic carbocycles. The highest BCUT2D eigenvalue weighted by Gasteiger charge is 2.24. The second kappa shape index (κ2) is 14.5. The number of thioether (sulfide) groups is 1. The molecule has 0 spiro atoms. The van der Waals surface area contributed by atoms with E-state index in [2.05, 4.69) is 10.3 Å². The number of aryl methyl sites for hydroxylation is 1. The van der Waals surface area contributed by atoms with Gasteiger partial charge in [-0.2, -0.15) is 0 Å². The lowest BCUT2D eigenvalue weighted by Gasteiger charge is -2.15. The molecule has 1 fully saturated rings. The van der Waals surface area contributed by atoms with Crippen LogP contribution in [0.15, 0.2) is 101 Å². The Kier molecular flexibility index (Phi) is 10.0. The molecule has 8 heteroatoms. The molecular weight excluding hydrogens is 560 g/mol. The molecule has 1 heterocycles. The molecular formula is C35H34N2O5S. The van der Waals surface area contributed by atoms with Crippen LogP contribution < -0.4 is 24.3 Å². The van der Waals surface area contributed by atoms with E-state index in [9.17, 15) is 4.79 Å². The smallest absolute Gasteiger partial charge is 0.264 e. The van der Waals surface area contributed by atoms with Crippen LogP contribution in [0.1, 0.15) is 36.1 Å². The predicted octanol–water partition coefficient (Wildman–Crippen LogP) is 7.84. The molecule has 1 amide bonds. The summed E-state index contributed by atoms with van der Waals surface area (Å²) < 4.78 is 24.0. The Morgan fingerprint density at radius 1 is 0.721 bits per heavy atom. The summed E-state index contributed by atoms with van der Waals surface area (Å²) in [7, 11) is 0. The van der Waals surface area contributed by atoms with Crippen LogP contribution in [0.25, 0.3) is 6.08 Å². The molecule has 0 bridgehead atoms. The van der Waals surface area contributed by atoms with Crippen molar-refractivity contribution in [3.63, 3.8) is 0 Å². The number of carbonyl (C=O) groups is 1. The number of ether oxygens (including phenoxy) is 4. The van der Waals surface area contributed by atoms with Gasteiger partial charge in [0.15, 0.2) is 28.2 Å². The van der Waals surface area contributed by atoms with Crippen LogP contribution in [0.5, 0.6) is 23.0 Å². The molecule has 5 rings (SSSR count). The van der Waals surface area contributed by atoms with Crippen molar-refractivity contribution in [1.29, 1.82) is 0 Å². The zero-order valence-electron chi connectivity index (χ0n) is 24.5. The molecule has 43 heavy (non-hydrogen) atoms. The normalized spacial score (nSPS) is 14.5. The second-order valence-electron chi connectivity index (χ2n) is 9.73. The third kappa shape index (κ3) is 8.20. The number of carbonyl (C=O) groups excluding carboxylic acids is 1. The van der Waals surface area contributed by atoms with Gasteiger partial charge in [-0.05, 0) is 91.7 Å². The molecule has 0 aromatic heterocycles. The van der Waals surface area contributed by atoms with Gasteiger partial charge in [-0.3, -0.25) is 4.79 Å². The van der Waals surface area contributed by atoms with Gasteiger partial charge in [0.05, 0.1) is 23.8 Å². The summed E-state index contributed by atoms with van der Waals surface area (Å²) in [5, 5.41) is 3.39. The summed E-state index contributed by atoms with van der Waals surface area (Å²) in [6.45, 7) is 7.66. The molecule has 0 radical (unpaired) electrons. The lowest BCUT2D eigenvalue weighted by molar-refractivity contribution is -0.115. The number of benzene rings is 4. The third-order valence-electron chi connectivity index (χ3n) is 6.42.